The smallest absolute Gasteiger partial charge is 0.371 e. The zero-order chi connectivity index (χ0) is 19.0. The Labute approximate surface area is 152 Å². The SMILES string of the molecule is O=C(NCC(F)(F)F)C1CCN(c2ccnc3cnc4[nH]ccc4c23)CC1. The summed E-state index contributed by atoms with van der Waals surface area (Å²) in [4.78, 5) is 26.0. The maximum atomic E-state index is 12.3. The van der Waals surface area contributed by atoms with Gasteiger partial charge in [-0.25, -0.2) is 4.98 Å². The summed E-state index contributed by atoms with van der Waals surface area (Å²) in [6, 6.07) is 3.88. The number of aromatic nitrogens is 3. The number of fused-ring (bicyclic) bond motifs is 3. The number of alkyl halides is 3. The Morgan fingerprint density at radius 3 is 2.78 bits per heavy atom. The summed E-state index contributed by atoms with van der Waals surface area (Å²) in [7, 11) is 0. The molecule has 9 heteroatoms. The lowest BCUT2D eigenvalue weighted by molar-refractivity contribution is -0.141. The third kappa shape index (κ3) is 3.54. The van der Waals surface area contributed by atoms with E-state index in [1.165, 1.54) is 0 Å². The molecule has 0 atom stereocenters. The molecule has 0 bridgehead atoms. The molecular weight excluding hydrogens is 359 g/mol. The Morgan fingerprint density at radius 1 is 1.26 bits per heavy atom. The number of carbonyl (C=O) groups is 1. The van der Waals surface area contributed by atoms with Crippen molar-refractivity contribution in [2.45, 2.75) is 19.0 Å². The van der Waals surface area contributed by atoms with E-state index < -0.39 is 24.5 Å². The molecule has 1 fully saturated rings. The highest BCUT2D eigenvalue weighted by Gasteiger charge is 2.31. The average molecular weight is 377 g/mol. The number of hydrogen-bond donors (Lipinski definition) is 2. The minimum atomic E-state index is -4.39. The molecule has 1 amide bonds. The van der Waals surface area contributed by atoms with E-state index in [-0.39, 0.29) is 0 Å². The van der Waals surface area contributed by atoms with Crippen molar-refractivity contribution in [3.05, 3.63) is 30.7 Å². The third-order valence-electron chi connectivity index (χ3n) is 4.94. The van der Waals surface area contributed by atoms with Gasteiger partial charge in [0.25, 0.3) is 0 Å². The van der Waals surface area contributed by atoms with Gasteiger partial charge < -0.3 is 15.2 Å². The molecule has 0 saturated carbocycles. The monoisotopic (exact) mass is 377 g/mol. The summed E-state index contributed by atoms with van der Waals surface area (Å²) in [6.07, 6.45) is 1.89. The van der Waals surface area contributed by atoms with Gasteiger partial charge in [0.2, 0.25) is 5.91 Å². The van der Waals surface area contributed by atoms with E-state index in [1.807, 2.05) is 23.6 Å². The lowest BCUT2D eigenvalue weighted by atomic mass is 9.95. The lowest BCUT2D eigenvalue weighted by Crippen LogP contribution is -2.43. The van der Waals surface area contributed by atoms with Crippen molar-refractivity contribution >= 4 is 33.5 Å². The zero-order valence-electron chi connectivity index (χ0n) is 14.4. The minimum Gasteiger partial charge on any atom is -0.371 e. The predicted molar refractivity (Wildman–Crippen MR) is 95.4 cm³/mol. The number of nitrogens with zero attached hydrogens (tertiary/aromatic N) is 3. The number of hydrogen-bond acceptors (Lipinski definition) is 4. The van der Waals surface area contributed by atoms with Gasteiger partial charge in [0.15, 0.2) is 0 Å². The molecule has 4 rings (SSSR count). The molecule has 0 aliphatic carbocycles. The third-order valence-corrected chi connectivity index (χ3v) is 4.94. The van der Waals surface area contributed by atoms with Crippen LogP contribution >= 0.6 is 0 Å². The first kappa shape index (κ1) is 17.6. The highest BCUT2D eigenvalue weighted by molar-refractivity contribution is 6.10. The van der Waals surface area contributed by atoms with Crippen LogP contribution in [-0.2, 0) is 4.79 Å². The number of anilines is 1. The highest BCUT2D eigenvalue weighted by atomic mass is 19.4. The lowest BCUT2D eigenvalue weighted by Gasteiger charge is -2.33. The normalized spacial score (nSPS) is 16.2. The van der Waals surface area contributed by atoms with Crippen molar-refractivity contribution in [2.75, 3.05) is 24.5 Å². The van der Waals surface area contributed by atoms with Crippen LogP contribution in [0.5, 0.6) is 0 Å². The van der Waals surface area contributed by atoms with E-state index in [1.54, 1.807) is 12.4 Å². The molecule has 1 aliphatic rings. The van der Waals surface area contributed by atoms with Gasteiger partial charge in [-0.1, -0.05) is 0 Å². The molecule has 0 unspecified atom stereocenters. The van der Waals surface area contributed by atoms with Crippen LogP contribution in [0.4, 0.5) is 18.9 Å². The van der Waals surface area contributed by atoms with Gasteiger partial charge >= 0.3 is 6.18 Å². The Kier molecular flexibility index (Phi) is 4.37. The van der Waals surface area contributed by atoms with E-state index in [4.69, 9.17) is 0 Å². The summed E-state index contributed by atoms with van der Waals surface area (Å²) >= 11 is 0. The van der Waals surface area contributed by atoms with Crippen LogP contribution in [0.3, 0.4) is 0 Å². The van der Waals surface area contributed by atoms with E-state index in [0.717, 1.165) is 27.6 Å². The summed E-state index contributed by atoms with van der Waals surface area (Å²) in [6.45, 7) is -0.0889. The molecule has 0 spiro atoms. The summed E-state index contributed by atoms with van der Waals surface area (Å²) in [5.41, 5.74) is 2.56. The molecule has 27 heavy (non-hydrogen) atoms. The minimum absolute atomic E-state index is 0.398. The van der Waals surface area contributed by atoms with E-state index in [2.05, 4.69) is 19.9 Å². The molecule has 142 valence electrons. The van der Waals surface area contributed by atoms with Crippen molar-refractivity contribution in [1.29, 1.82) is 0 Å². The van der Waals surface area contributed by atoms with Gasteiger partial charge in [-0.2, -0.15) is 13.2 Å². The Balaban J connectivity index is 1.52. The number of pyridine rings is 2. The average Bonchev–Trinajstić information content (AvgIpc) is 3.14. The van der Waals surface area contributed by atoms with Crippen molar-refractivity contribution in [2.24, 2.45) is 5.92 Å². The highest BCUT2D eigenvalue weighted by Crippen LogP contribution is 2.33. The van der Waals surface area contributed by atoms with Crippen LogP contribution in [0.1, 0.15) is 12.8 Å². The first-order valence-corrected chi connectivity index (χ1v) is 8.72. The van der Waals surface area contributed by atoms with Gasteiger partial charge in [0.05, 0.1) is 11.7 Å². The number of amides is 1. The second-order valence-corrected chi connectivity index (χ2v) is 6.68. The van der Waals surface area contributed by atoms with Crippen LogP contribution in [0.15, 0.2) is 30.7 Å². The van der Waals surface area contributed by atoms with Gasteiger partial charge in [-0.15, -0.1) is 0 Å². The Bertz CT molecular complexity index is 976. The second kappa shape index (κ2) is 6.71. The quantitative estimate of drug-likeness (QED) is 0.736. The standard InChI is InChI=1S/C18H18F3N5O/c19-18(20,21)10-25-17(27)11-3-7-26(8-4-11)14-2-6-22-13-9-24-16-12(15(13)14)1-5-23-16/h1-2,5-6,9,11H,3-4,7-8,10H2,(H,23,24)(H,25,27). The van der Waals surface area contributed by atoms with Crippen LogP contribution in [0, 0.1) is 5.92 Å². The first-order valence-electron chi connectivity index (χ1n) is 8.72. The number of piperidine rings is 1. The molecule has 2 N–H and O–H groups in total. The summed E-state index contributed by atoms with van der Waals surface area (Å²) in [5.74, 6) is -0.922. The van der Waals surface area contributed by atoms with Crippen molar-refractivity contribution in [3.63, 3.8) is 0 Å². The van der Waals surface area contributed by atoms with Crippen LogP contribution in [0.25, 0.3) is 21.9 Å². The fraction of sp³-hybridized carbons (Fsp3) is 0.389. The molecule has 4 heterocycles. The van der Waals surface area contributed by atoms with Crippen molar-refractivity contribution in [1.82, 2.24) is 20.3 Å². The zero-order valence-corrected chi connectivity index (χ0v) is 14.4. The molecular formula is C18H18F3N5O. The van der Waals surface area contributed by atoms with Crippen LogP contribution < -0.4 is 10.2 Å². The topological polar surface area (TPSA) is 73.9 Å². The Morgan fingerprint density at radius 2 is 2.04 bits per heavy atom. The van der Waals surface area contributed by atoms with Crippen molar-refractivity contribution < 1.29 is 18.0 Å². The second-order valence-electron chi connectivity index (χ2n) is 6.68. The van der Waals surface area contributed by atoms with E-state index >= 15 is 0 Å². The van der Waals surface area contributed by atoms with Gasteiger partial charge in [-0.05, 0) is 25.0 Å². The van der Waals surface area contributed by atoms with E-state index in [9.17, 15) is 18.0 Å². The number of H-pyrrole nitrogens is 1. The number of halogens is 3. The molecule has 0 radical (unpaired) electrons. The fourth-order valence-corrected chi connectivity index (χ4v) is 3.61. The van der Waals surface area contributed by atoms with Crippen molar-refractivity contribution in [3.8, 4) is 0 Å². The number of rotatable bonds is 3. The van der Waals surface area contributed by atoms with Gasteiger partial charge in [-0.3, -0.25) is 9.78 Å². The number of carbonyl (C=O) groups excluding carboxylic acids is 1. The van der Waals surface area contributed by atoms with Gasteiger partial charge in [0, 0.05) is 47.9 Å². The number of aromatic amines is 1. The molecule has 0 aromatic carbocycles. The fourth-order valence-electron chi connectivity index (χ4n) is 3.61. The predicted octanol–water partition coefficient (Wildman–Crippen LogP) is 3.01. The summed E-state index contributed by atoms with van der Waals surface area (Å²) < 4.78 is 36.8. The van der Waals surface area contributed by atoms with Crippen LogP contribution in [-0.4, -0.2) is 46.7 Å². The maximum absolute atomic E-state index is 12.3. The summed E-state index contributed by atoms with van der Waals surface area (Å²) in [5, 5.41) is 3.95. The number of nitrogens with one attached hydrogen (secondary N) is 2. The Hall–Kier alpha value is -2.84. The molecule has 3 aromatic rings. The van der Waals surface area contributed by atoms with Crippen LogP contribution in [0.2, 0.25) is 0 Å². The first-order chi connectivity index (χ1) is 12.9. The molecule has 6 nitrogen and oxygen atoms in total. The largest absolute Gasteiger partial charge is 0.405 e. The van der Waals surface area contributed by atoms with E-state index in [0.29, 0.717) is 25.9 Å². The maximum Gasteiger partial charge on any atom is 0.405 e. The van der Waals surface area contributed by atoms with Gasteiger partial charge in [0.1, 0.15) is 12.2 Å². The molecule has 1 aliphatic heterocycles. The molecule has 1 saturated heterocycles. The molecule has 3 aromatic heterocycles.